The van der Waals surface area contributed by atoms with Crippen LogP contribution in [-0.4, -0.2) is 12.5 Å². The Morgan fingerprint density at radius 3 is 2.56 bits per heavy atom. The van der Waals surface area contributed by atoms with Crippen molar-refractivity contribution in [1.29, 1.82) is 0 Å². The van der Waals surface area contributed by atoms with E-state index >= 15 is 0 Å². The minimum absolute atomic E-state index is 0.0663. The molecule has 0 radical (unpaired) electrons. The van der Waals surface area contributed by atoms with E-state index in [-0.39, 0.29) is 11.3 Å². The van der Waals surface area contributed by atoms with Crippen molar-refractivity contribution in [1.82, 2.24) is 0 Å². The minimum atomic E-state index is -0.368. The van der Waals surface area contributed by atoms with Crippen LogP contribution < -0.4 is 11.1 Å². The number of hydrogen-bond donors (Lipinski definition) is 2. The number of nitrogens with one attached hydrogen (secondary N) is 1. The summed E-state index contributed by atoms with van der Waals surface area (Å²) in [5.74, 6) is 0.0663. The molecule has 4 heteroatoms. The Labute approximate surface area is 116 Å². The zero-order valence-corrected chi connectivity index (χ0v) is 12.0. The lowest BCUT2D eigenvalue weighted by Gasteiger charge is -2.34. The van der Waals surface area contributed by atoms with Gasteiger partial charge in [-0.2, -0.15) is 0 Å². The van der Waals surface area contributed by atoms with Gasteiger partial charge in [-0.1, -0.05) is 31.4 Å². The first kappa shape index (κ1) is 13.6. The Hall–Kier alpha value is -0.870. The van der Waals surface area contributed by atoms with E-state index < -0.39 is 0 Å². The number of anilines is 1. The van der Waals surface area contributed by atoms with Crippen molar-refractivity contribution in [3.8, 4) is 0 Å². The molecule has 1 aliphatic rings. The van der Waals surface area contributed by atoms with Gasteiger partial charge in [0.2, 0.25) is 5.91 Å². The molecule has 98 valence electrons. The molecule has 3 N–H and O–H groups in total. The summed E-state index contributed by atoms with van der Waals surface area (Å²) in [7, 11) is 0. The summed E-state index contributed by atoms with van der Waals surface area (Å²) in [6.07, 6.45) is 5.21. The number of carbonyl (C=O) groups excluding carboxylic acids is 1. The minimum Gasteiger partial charge on any atom is -0.329 e. The zero-order valence-electron chi connectivity index (χ0n) is 10.4. The molecule has 1 aromatic carbocycles. The summed E-state index contributed by atoms with van der Waals surface area (Å²) in [4.78, 5) is 12.5. The van der Waals surface area contributed by atoms with Crippen molar-refractivity contribution in [3.05, 3.63) is 28.7 Å². The van der Waals surface area contributed by atoms with E-state index in [2.05, 4.69) is 21.2 Å². The third kappa shape index (κ3) is 2.75. The van der Waals surface area contributed by atoms with Crippen LogP contribution in [0, 0.1) is 5.41 Å². The standard InChI is InChI=1S/C14H19BrN2O/c15-11-6-2-3-7-12(11)17-13(18)14(10-16)8-4-1-5-9-14/h2-3,6-7H,1,4-5,8-10,16H2,(H,17,18). The Balaban J connectivity index is 2.13. The summed E-state index contributed by atoms with van der Waals surface area (Å²) >= 11 is 3.44. The molecule has 3 nitrogen and oxygen atoms in total. The topological polar surface area (TPSA) is 55.1 Å². The molecule has 0 atom stereocenters. The predicted molar refractivity (Wildman–Crippen MR) is 77.3 cm³/mol. The second-order valence-corrected chi connectivity index (χ2v) is 5.83. The van der Waals surface area contributed by atoms with Crippen molar-refractivity contribution in [3.63, 3.8) is 0 Å². The van der Waals surface area contributed by atoms with Crippen LogP contribution in [0.2, 0.25) is 0 Å². The Morgan fingerprint density at radius 2 is 1.94 bits per heavy atom. The summed E-state index contributed by atoms with van der Waals surface area (Å²) in [5.41, 5.74) is 6.31. The molecule has 2 rings (SSSR count). The number of rotatable bonds is 3. The van der Waals surface area contributed by atoms with Gasteiger partial charge in [-0.25, -0.2) is 0 Å². The molecular formula is C14H19BrN2O. The molecule has 1 aromatic rings. The van der Waals surface area contributed by atoms with Crippen LogP contribution in [0.3, 0.4) is 0 Å². The molecule has 1 fully saturated rings. The molecular weight excluding hydrogens is 292 g/mol. The van der Waals surface area contributed by atoms with Crippen molar-refractivity contribution in [2.45, 2.75) is 32.1 Å². The second kappa shape index (κ2) is 5.85. The number of carbonyl (C=O) groups is 1. The van der Waals surface area contributed by atoms with Crippen LogP contribution in [-0.2, 0) is 4.79 Å². The van der Waals surface area contributed by atoms with Crippen molar-refractivity contribution < 1.29 is 4.79 Å². The van der Waals surface area contributed by atoms with Gasteiger partial charge in [0.05, 0.1) is 11.1 Å². The van der Waals surface area contributed by atoms with Gasteiger partial charge in [0.15, 0.2) is 0 Å². The average molecular weight is 311 g/mol. The highest BCUT2D eigenvalue weighted by Gasteiger charge is 2.38. The first-order chi connectivity index (χ1) is 8.68. The van der Waals surface area contributed by atoms with Gasteiger partial charge in [0, 0.05) is 11.0 Å². The Kier molecular flexibility index (Phi) is 4.40. The van der Waals surface area contributed by atoms with E-state index in [1.165, 1.54) is 6.42 Å². The number of amides is 1. The molecule has 0 aliphatic heterocycles. The second-order valence-electron chi connectivity index (χ2n) is 4.98. The number of halogens is 1. The van der Waals surface area contributed by atoms with Crippen LogP contribution in [0.5, 0.6) is 0 Å². The molecule has 0 aromatic heterocycles. The highest BCUT2D eigenvalue weighted by molar-refractivity contribution is 9.10. The average Bonchev–Trinajstić information content (AvgIpc) is 2.42. The SMILES string of the molecule is NCC1(C(=O)Nc2ccccc2Br)CCCCC1. The number of benzene rings is 1. The van der Waals surface area contributed by atoms with Gasteiger partial charge in [-0.15, -0.1) is 0 Å². The van der Waals surface area contributed by atoms with Gasteiger partial charge < -0.3 is 11.1 Å². The summed E-state index contributed by atoms with van der Waals surface area (Å²) in [6.45, 7) is 0.434. The lowest BCUT2D eigenvalue weighted by atomic mass is 9.73. The summed E-state index contributed by atoms with van der Waals surface area (Å²) in [6, 6.07) is 7.66. The predicted octanol–water partition coefficient (Wildman–Crippen LogP) is 3.30. The summed E-state index contributed by atoms with van der Waals surface area (Å²) < 4.78 is 0.904. The van der Waals surface area contributed by atoms with E-state index in [1.807, 2.05) is 24.3 Å². The number of hydrogen-bond acceptors (Lipinski definition) is 2. The van der Waals surface area contributed by atoms with Gasteiger partial charge in [0.25, 0.3) is 0 Å². The first-order valence-corrected chi connectivity index (χ1v) is 7.23. The Bertz CT molecular complexity index is 428. The van der Waals surface area contributed by atoms with E-state index in [1.54, 1.807) is 0 Å². The largest absolute Gasteiger partial charge is 0.329 e. The van der Waals surface area contributed by atoms with Gasteiger partial charge >= 0.3 is 0 Å². The maximum atomic E-state index is 12.5. The molecule has 0 heterocycles. The van der Waals surface area contributed by atoms with E-state index in [9.17, 15) is 4.79 Å². The van der Waals surface area contributed by atoms with Crippen LogP contribution in [0.4, 0.5) is 5.69 Å². The molecule has 0 spiro atoms. The fraction of sp³-hybridized carbons (Fsp3) is 0.500. The molecule has 0 bridgehead atoms. The highest BCUT2D eigenvalue weighted by atomic mass is 79.9. The molecule has 1 amide bonds. The smallest absolute Gasteiger partial charge is 0.231 e. The van der Waals surface area contributed by atoms with Crippen molar-refractivity contribution >= 4 is 27.5 Å². The highest BCUT2D eigenvalue weighted by Crippen LogP contribution is 2.37. The fourth-order valence-corrected chi connectivity index (χ4v) is 2.95. The normalized spacial score (nSPS) is 18.3. The van der Waals surface area contributed by atoms with Crippen molar-refractivity contribution in [2.75, 3.05) is 11.9 Å². The lowest BCUT2D eigenvalue weighted by Crippen LogP contribution is -2.43. The third-order valence-corrected chi connectivity index (χ3v) is 4.50. The molecule has 18 heavy (non-hydrogen) atoms. The van der Waals surface area contributed by atoms with Gasteiger partial charge in [-0.3, -0.25) is 4.79 Å². The molecule has 1 aliphatic carbocycles. The third-order valence-electron chi connectivity index (χ3n) is 3.81. The van der Waals surface area contributed by atoms with Crippen LogP contribution in [0.15, 0.2) is 28.7 Å². The lowest BCUT2D eigenvalue weighted by molar-refractivity contribution is -0.126. The number of para-hydroxylation sites is 1. The maximum Gasteiger partial charge on any atom is 0.231 e. The van der Waals surface area contributed by atoms with Crippen molar-refractivity contribution in [2.24, 2.45) is 11.1 Å². The van der Waals surface area contributed by atoms with Gasteiger partial charge in [-0.05, 0) is 40.9 Å². The van der Waals surface area contributed by atoms with Crippen LogP contribution in [0.25, 0.3) is 0 Å². The van der Waals surface area contributed by atoms with Gasteiger partial charge in [0.1, 0.15) is 0 Å². The van der Waals surface area contributed by atoms with E-state index in [0.29, 0.717) is 6.54 Å². The summed E-state index contributed by atoms with van der Waals surface area (Å²) in [5, 5.41) is 3.01. The monoisotopic (exact) mass is 310 g/mol. The number of nitrogens with two attached hydrogens (primary N) is 1. The van der Waals surface area contributed by atoms with Crippen LogP contribution >= 0.6 is 15.9 Å². The van der Waals surface area contributed by atoms with E-state index in [4.69, 9.17) is 5.73 Å². The van der Waals surface area contributed by atoms with Crippen LogP contribution in [0.1, 0.15) is 32.1 Å². The molecule has 0 saturated heterocycles. The quantitative estimate of drug-likeness (QED) is 0.900. The molecule has 1 saturated carbocycles. The maximum absolute atomic E-state index is 12.5. The van der Waals surface area contributed by atoms with E-state index in [0.717, 1.165) is 35.8 Å². The first-order valence-electron chi connectivity index (χ1n) is 6.44. The molecule has 0 unspecified atom stereocenters. The fourth-order valence-electron chi connectivity index (χ4n) is 2.57. The Morgan fingerprint density at radius 1 is 1.28 bits per heavy atom. The zero-order chi connectivity index (χ0) is 13.0.